The maximum absolute atomic E-state index is 12.3. The Bertz CT molecular complexity index is 897. The summed E-state index contributed by atoms with van der Waals surface area (Å²) in [4.78, 5) is 47.5. The molecule has 0 saturated heterocycles. The highest BCUT2D eigenvalue weighted by Gasteiger charge is 2.21. The van der Waals surface area contributed by atoms with Gasteiger partial charge in [0, 0.05) is 6.42 Å². The van der Waals surface area contributed by atoms with Gasteiger partial charge in [-0.25, -0.2) is 9.48 Å². The van der Waals surface area contributed by atoms with Crippen LogP contribution in [0.5, 0.6) is 0 Å². The molecule has 1 amide bonds. The summed E-state index contributed by atoms with van der Waals surface area (Å²) in [6.07, 6.45) is 0.198. The van der Waals surface area contributed by atoms with Gasteiger partial charge in [0.15, 0.2) is 0 Å². The van der Waals surface area contributed by atoms with Crippen molar-refractivity contribution in [2.45, 2.75) is 39.3 Å². The summed E-state index contributed by atoms with van der Waals surface area (Å²) >= 11 is 0. The Labute approximate surface area is 143 Å². The molecule has 0 aliphatic heterocycles. The highest BCUT2D eigenvalue weighted by molar-refractivity contribution is 5.83. The number of amides is 1. The Morgan fingerprint density at radius 2 is 1.84 bits per heavy atom. The monoisotopic (exact) mass is 347 g/mol. The van der Waals surface area contributed by atoms with E-state index in [9.17, 15) is 19.2 Å². The Kier molecular flexibility index (Phi) is 5.74. The van der Waals surface area contributed by atoms with Crippen LogP contribution in [0.25, 0.3) is 10.8 Å². The van der Waals surface area contributed by atoms with Crippen LogP contribution in [0.1, 0.15) is 26.7 Å². The highest BCUT2D eigenvalue weighted by atomic mass is 16.4. The van der Waals surface area contributed by atoms with Crippen molar-refractivity contribution in [1.82, 2.24) is 15.1 Å². The third-order valence-electron chi connectivity index (χ3n) is 3.79. The number of fused-ring (bicyclic) bond motifs is 1. The van der Waals surface area contributed by atoms with Crippen LogP contribution in [0.15, 0.2) is 33.9 Å². The quantitative estimate of drug-likeness (QED) is 0.680. The standard InChI is InChI=1S/C17H21N3O5/c1-10(2)9-13(17(24)25)18-14(21)7-8-20-16(23)12-6-4-3-5-11(12)15(22)19-20/h3-6,10,13H,7-9H2,1-2H3,(H,18,21)(H,19,22)(H,24,25)/t13-/m1/s1. The molecule has 0 unspecified atom stereocenters. The Hall–Kier alpha value is -2.90. The average Bonchev–Trinajstić information content (AvgIpc) is 2.56. The highest BCUT2D eigenvalue weighted by Crippen LogP contribution is 2.06. The van der Waals surface area contributed by atoms with Gasteiger partial charge in [-0.3, -0.25) is 19.5 Å². The topological polar surface area (TPSA) is 121 Å². The predicted molar refractivity (Wildman–Crippen MR) is 92.5 cm³/mol. The fourth-order valence-corrected chi connectivity index (χ4v) is 2.58. The van der Waals surface area contributed by atoms with Gasteiger partial charge in [-0.2, -0.15) is 0 Å². The van der Waals surface area contributed by atoms with E-state index in [2.05, 4.69) is 10.4 Å². The van der Waals surface area contributed by atoms with E-state index in [1.165, 1.54) is 0 Å². The molecule has 0 fully saturated rings. The number of aromatic nitrogens is 2. The number of aryl methyl sites for hydroxylation is 1. The molecule has 2 aromatic rings. The fourth-order valence-electron chi connectivity index (χ4n) is 2.58. The first-order valence-electron chi connectivity index (χ1n) is 8.03. The maximum Gasteiger partial charge on any atom is 0.326 e. The number of hydrogen-bond acceptors (Lipinski definition) is 4. The van der Waals surface area contributed by atoms with E-state index in [-0.39, 0.29) is 29.7 Å². The van der Waals surface area contributed by atoms with Crippen LogP contribution in [-0.2, 0) is 16.1 Å². The second kappa shape index (κ2) is 7.78. The first-order valence-corrected chi connectivity index (χ1v) is 8.03. The molecule has 134 valence electrons. The van der Waals surface area contributed by atoms with Crippen molar-refractivity contribution >= 4 is 22.6 Å². The zero-order chi connectivity index (χ0) is 18.6. The number of carboxylic acids is 1. The Morgan fingerprint density at radius 1 is 1.20 bits per heavy atom. The van der Waals surface area contributed by atoms with E-state index in [1.54, 1.807) is 24.3 Å². The van der Waals surface area contributed by atoms with Gasteiger partial charge in [-0.1, -0.05) is 26.0 Å². The second-order valence-electron chi connectivity index (χ2n) is 6.28. The molecule has 0 saturated carbocycles. The molecule has 1 aromatic carbocycles. The normalized spacial score (nSPS) is 12.3. The second-order valence-corrected chi connectivity index (χ2v) is 6.28. The van der Waals surface area contributed by atoms with E-state index >= 15 is 0 Å². The van der Waals surface area contributed by atoms with Crippen molar-refractivity contribution in [3.63, 3.8) is 0 Å². The van der Waals surface area contributed by atoms with Gasteiger partial charge in [-0.05, 0) is 24.5 Å². The van der Waals surface area contributed by atoms with Crippen LogP contribution < -0.4 is 16.4 Å². The lowest BCUT2D eigenvalue weighted by Crippen LogP contribution is -2.42. The molecule has 8 heteroatoms. The van der Waals surface area contributed by atoms with Crippen LogP contribution >= 0.6 is 0 Å². The van der Waals surface area contributed by atoms with Crippen molar-refractivity contribution in [2.75, 3.05) is 0 Å². The minimum absolute atomic E-state index is 0.0429. The van der Waals surface area contributed by atoms with Crippen molar-refractivity contribution in [2.24, 2.45) is 5.92 Å². The average molecular weight is 347 g/mol. The number of aliphatic carboxylic acids is 1. The number of hydrogen-bond donors (Lipinski definition) is 3. The van der Waals surface area contributed by atoms with Gasteiger partial charge < -0.3 is 10.4 Å². The molecule has 1 heterocycles. The number of aromatic amines is 1. The number of carbonyl (C=O) groups is 2. The zero-order valence-corrected chi connectivity index (χ0v) is 14.1. The summed E-state index contributed by atoms with van der Waals surface area (Å²) in [5.41, 5.74) is -0.821. The Balaban J connectivity index is 2.11. The van der Waals surface area contributed by atoms with Crippen LogP contribution in [0, 0.1) is 5.92 Å². The molecule has 3 N–H and O–H groups in total. The Morgan fingerprint density at radius 3 is 2.44 bits per heavy atom. The first kappa shape index (κ1) is 18.4. The smallest absolute Gasteiger partial charge is 0.326 e. The molecule has 0 aliphatic carbocycles. The lowest BCUT2D eigenvalue weighted by Gasteiger charge is -2.16. The third kappa shape index (κ3) is 4.56. The summed E-state index contributed by atoms with van der Waals surface area (Å²) in [6.45, 7) is 3.68. The maximum atomic E-state index is 12.3. The van der Waals surface area contributed by atoms with Gasteiger partial charge in [0.1, 0.15) is 6.04 Å². The minimum Gasteiger partial charge on any atom is -0.480 e. The van der Waals surface area contributed by atoms with Crippen LogP contribution in [0.4, 0.5) is 0 Å². The van der Waals surface area contributed by atoms with E-state index in [4.69, 9.17) is 5.11 Å². The first-order chi connectivity index (χ1) is 11.8. The van der Waals surface area contributed by atoms with Gasteiger partial charge >= 0.3 is 5.97 Å². The lowest BCUT2D eigenvalue weighted by atomic mass is 10.0. The van der Waals surface area contributed by atoms with Crippen molar-refractivity contribution in [1.29, 1.82) is 0 Å². The predicted octanol–water partition coefficient (Wildman–Crippen LogP) is 0.695. The summed E-state index contributed by atoms with van der Waals surface area (Å²) in [5.74, 6) is -1.48. The number of nitrogens with one attached hydrogen (secondary N) is 2. The lowest BCUT2D eigenvalue weighted by molar-refractivity contribution is -0.142. The van der Waals surface area contributed by atoms with Gasteiger partial charge in [0.25, 0.3) is 11.1 Å². The molecule has 2 rings (SSSR count). The van der Waals surface area contributed by atoms with E-state index in [0.717, 1.165) is 4.68 Å². The number of nitrogens with zero attached hydrogens (tertiary/aromatic N) is 1. The third-order valence-corrected chi connectivity index (χ3v) is 3.79. The molecular formula is C17H21N3O5. The van der Waals surface area contributed by atoms with Crippen LogP contribution in [-0.4, -0.2) is 32.8 Å². The number of rotatable bonds is 7. The van der Waals surface area contributed by atoms with Gasteiger partial charge in [0.05, 0.1) is 17.3 Å². The molecule has 1 aromatic heterocycles. The summed E-state index contributed by atoms with van der Waals surface area (Å²) in [5, 5.41) is 14.6. The number of carbonyl (C=O) groups excluding carboxylic acids is 1. The molecule has 0 aliphatic rings. The molecule has 8 nitrogen and oxygen atoms in total. The van der Waals surface area contributed by atoms with Crippen LogP contribution in [0.2, 0.25) is 0 Å². The summed E-state index contributed by atoms with van der Waals surface area (Å²) in [7, 11) is 0. The van der Waals surface area contributed by atoms with E-state index in [1.807, 2.05) is 13.8 Å². The van der Waals surface area contributed by atoms with E-state index in [0.29, 0.717) is 6.42 Å². The van der Waals surface area contributed by atoms with Crippen molar-refractivity contribution in [3.05, 3.63) is 45.0 Å². The van der Waals surface area contributed by atoms with E-state index < -0.39 is 29.0 Å². The molecule has 1 atom stereocenters. The van der Waals surface area contributed by atoms with Crippen LogP contribution in [0.3, 0.4) is 0 Å². The van der Waals surface area contributed by atoms with Crippen molar-refractivity contribution in [3.8, 4) is 0 Å². The molecule has 0 bridgehead atoms. The van der Waals surface area contributed by atoms with Gasteiger partial charge in [-0.15, -0.1) is 0 Å². The summed E-state index contributed by atoms with van der Waals surface area (Å²) < 4.78 is 1.07. The molecule has 0 spiro atoms. The number of carboxylic acid groups (broad SMARTS) is 1. The molecule has 25 heavy (non-hydrogen) atoms. The zero-order valence-electron chi connectivity index (χ0n) is 14.1. The molecular weight excluding hydrogens is 326 g/mol. The van der Waals surface area contributed by atoms with Crippen molar-refractivity contribution < 1.29 is 14.7 Å². The number of H-pyrrole nitrogens is 1. The summed E-state index contributed by atoms with van der Waals surface area (Å²) in [6, 6.07) is 5.45. The van der Waals surface area contributed by atoms with Gasteiger partial charge in [0.2, 0.25) is 5.91 Å². The number of benzene rings is 1. The SMILES string of the molecule is CC(C)C[C@@H](NC(=O)CCn1[nH]c(=O)c2ccccc2c1=O)C(=O)O. The minimum atomic E-state index is -1.10. The fraction of sp³-hybridized carbons (Fsp3) is 0.412. The largest absolute Gasteiger partial charge is 0.480 e. The molecule has 0 radical (unpaired) electrons.